The summed E-state index contributed by atoms with van der Waals surface area (Å²) in [5.74, 6) is -3.88. The van der Waals surface area contributed by atoms with Crippen LogP contribution in [0.4, 0.5) is 5.13 Å². The van der Waals surface area contributed by atoms with Crippen molar-refractivity contribution in [2.24, 2.45) is 5.16 Å². The molecule has 0 radical (unpaired) electrons. The molecule has 2 atom stereocenters. The number of aromatic carboxylic acids is 1. The number of thioether (sulfide) groups is 1. The van der Waals surface area contributed by atoms with E-state index in [0.29, 0.717) is 5.57 Å². The lowest BCUT2D eigenvalue weighted by Gasteiger charge is -2.50. The number of aliphatic carboxylic acids is 1. The van der Waals surface area contributed by atoms with Gasteiger partial charge in [0.05, 0.1) is 17.2 Å². The Labute approximate surface area is 205 Å². The van der Waals surface area contributed by atoms with E-state index in [1.807, 2.05) is 0 Å². The molecule has 35 heavy (non-hydrogen) atoms. The van der Waals surface area contributed by atoms with E-state index in [2.05, 4.69) is 24.7 Å². The first-order chi connectivity index (χ1) is 16.7. The lowest BCUT2D eigenvalue weighted by Crippen LogP contribution is -2.71. The number of oxime groups is 1. The second-order valence-electron chi connectivity index (χ2n) is 7.24. The van der Waals surface area contributed by atoms with Gasteiger partial charge in [-0.2, -0.15) is 9.36 Å². The zero-order valence-electron chi connectivity index (χ0n) is 17.9. The van der Waals surface area contributed by atoms with Gasteiger partial charge in [-0.25, -0.2) is 9.36 Å². The van der Waals surface area contributed by atoms with Crippen molar-refractivity contribution in [2.75, 3.05) is 18.6 Å². The molecular weight excluding hydrogens is 502 g/mol. The summed E-state index contributed by atoms with van der Waals surface area (Å²) in [6.45, 7) is 0.102. The van der Waals surface area contributed by atoms with Crippen molar-refractivity contribution in [3.8, 4) is 0 Å². The number of anilines is 1. The van der Waals surface area contributed by atoms with Crippen LogP contribution < -0.4 is 20.7 Å². The van der Waals surface area contributed by atoms with Crippen molar-refractivity contribution in [2.45, 2.75) is 18.0 Å². The molecule has 16 heteroatoms. The second-order valence-corrected chi connectivity index (χ2v) is 9.13. The molecule has 0 aliphatic carbocycles. The van der Waals surface area contributed by atoms with Gasteiger partial charge >= 0.3 is 5.97 Å². The van der Waals surface area contributed by atoms with Crippen LogP contribution in [0.25, 0.3) is 0 Å². The molecule has 14 nitrogen and oxygen atoms in total. The molecule has 4 N–H and O–H groups in total. The summed E-state index contributed by atoms with van der Waals surface area (Å²) < 4.78 is 5.51. The highest BCUT2D eigenvalue weighted by Gasteiger charge is 2.53. The predicted octanol–water partition coefficient (Wildman–Crippen LogP) is -2.44. The first-order valence-electron chi connectivity index (χ1n) is 9.83. The minimum atomic E-state index is -1.53. The molecule has 0 aromatic carbocycles. The number of rotatable bonds is 8. The van der Waals surface area contributed by atoms with Crippen molar-refractivity contribution < 1.29 is 38.8 Å². The summed E-state index contributed by atoms with van der Waals surface area (Å²) in [6, 6.07) is 1.74. The summed E-state index contributed by atoms with van der Waals surface area (Å²) in [7, 11) is 1.22. The average Bonchev–Trinajstić information content (AvgIpc) is 3.26. The van der Waals surface area contributed by atoms with Crippen LogP contribution in [0.2, 0.25) is 0 Å². The van der Waals surface area contributed by atoms with E-state index in [1.54, 1.807) is 4.57 Å². The largest absolute Gasteiger partial charge is 0.543 e. The average molecular weight is 520 g/mol. The van der Waals surface area contributed by atoms with Gasteiger partial charge in [0.15, 0.2) is 24.1 Å². The molecule has 2 aliphatic rings. The second kappa shape index (κ2) is 9.67. The fourth-order valence-electron chi connectivity index (χ4n) is 3.54. The SMILES string of the molecule is CO/N=C(\C(=O)N[C@@H]1C(=O)N2C(C(=O)[O-])=C(C[n+]3ccc(C(=O)O)cc3)CS[C@H]12)c1nsc(N)n1. The minimum absolute atomic E-state index is 0.0738. The number of carbonyl (C=O) groups is 4. The number of nitrogen functional groups attached to an aromatic ring is 1. The lowest BCUT2D eigenvalue weighted by atomic mass is 10.0. The van der Waals surface area contributed by atoms with Gasteiger partial charge in [0.25, 0.3) is 11.8 Å². The van der Waals surface area contributed by atoms with Gasteiger partial charge in [0, 0.05) is 35.0 Å². The first-order valence-corrected chi connectivity index (χ1v) is 11.7. The first kappa shape index (κ1) is 24.1. The van der Waals surface area contributed by atoms with Crippen LogP contribution in [0.1, 0.15) is 16.2 Å². The van der Waals surface area contributed by atoms with Crippen LogP contribution in [0.15, 0.2) is 41.0 Å². The molecule has 4 heterocycles. The minimum Gasteiger partial charge on any atom is -0.543 e. The Bertz CT molecular complexity index is 1270. The molecule has 2 aromatic rings. The van der Waals surface area contributed by atoms with E-state index in [-0.39, 0.29) is 40.2 Å². The fourth-order valence-corrected chi connectivity index (χ4v) is 5.30. The molecule has 0 spiro atoms. The summed E-state index contributed by atoms with van der Waals surface area (Å²) in [5, 5.41) is 26.5. The molecule has 0 unspecified atom stereocenters. The van der Waals surface area contributed by atoms with E-state index in [9.17, 15) is 24.3 Å². The number of carboxylic acid groups (broad SMARTS) is 2. The van der Waals surface area contributed by atoms with Gasteiger partial charge in [-0.1, -0.05) is 5.16 Å². The summed E-state index contributed by atoms with van der Waals surface area (Å²) in [6.07, 6.45) is 2.99. The lowest BCUT2D eigenvalue weighted by molar-refractivity contribution is -0.689. The molecule has 2 amide bonds. The maximum Gasteiger partial charge on any atom is 0.336 e. The number of fused-ring (bicyclic) bond motifs is 1. The third-order valence-electron chi connectivity index (χ3n) is 5.09. The maximum absolute atomic E-state index is 12.9. The van der Waals surface area contributed by atoms with Crippen LogP contribution in [0, 0.1) is 0 Å². The molecule has 1 fully saturated rings. The van der Waals surface area contributed by atoms with Crippen molar-refractivity contribution >= 4 is 57.9 Å². The number of carbonyl (C=O) groups excluding carboxylic acids is 3. The molecule has 182 valence electrons. The van der Waals surface area contributed by atoms with Gasteiger partial charge < -0.3 is 30.9 Å². The van der Waals surface area contributed by atoms with Gasteiger partial charge in [-0.15, -0.1) is 11.8 Å². The van der Waals surface area contributed by atoms with Crippen molar-refractivity contribution in [1.82, 2.24) is 19.6 Å². The predicted molar refractivity (Wildman–Crippen MR) is 119 cm³/mol. The summed E-state index contributed by atoms with van der Waals surface area (Å²) in [4.78, 5) is 58.2. The Kier molecular flexibility index (Phi) is 6.65. The highest BCUT2D eigenvalue weighted by Crippen LogP contribution is 2.40. The topological polar surface area (TPSA) is 204 Å². The zero-order chi connectivity index (χ0) is 25.3. The van der Waals surface area contributed by atoms with E-state index >= 15 is 0 Å². The molecule has 0 saturated carbocycles. The quantitative estimate of drug-likeness (QED) is 0.145. The van der Waals surface area contributed by atoms with Crippen molar-refractivity contribution in [3.05, 3.63) is 47.2 Å². The Morgan fingerprint density at radius 3 is 2.69 bits per heavy atom. The monoisotopic (exact) mass is 519 g/mol. The summed E-state index contributed by atoms with van der Waals surface area (Å²) >= 11 is 2.11. The van der Waals surface area contributed by atoms with E-state index < -0.39 is 35.2 Å². The van der Waals surface area contributed by atoms with Crippen LogP contribution in [0.3, 0.4) is 0 Å². The third-order valence-corrected chi connectivity index (χ3v) is 6.97. The van der Waals surface area contributed by atoms with E-state index in [4.69, 9.17) is 10.8 Å². The number of carboxylic acids is 2. The highest BCUT2D eigenvalue weighted by atomic mass is 32.2. The van der Waals surface area contributed by atoms with Gasteiger partial charge in [-0.3, -0.25) is 14.5 Å². The van der Waals surface area contributed by atoms with Crippen LogP contribution in [0.5, 0.6) is 0 Å². The molecule has 4 rings (SSSR count). The normalized spacial score (nSPS) is 19.6. The van der Waals surface area contributed by atoms with E-state index in [1.165, 1.54) is 43.4 Å². The number of amides is 2. The Hall–Kier alpha value is -4.05. The number of pyridine rings is 1. The number of nitrogens with zero attached hydrogens (tertiary/aromatic N) is 5. The van der Waals surface area contributed by atoms with Crippen molar-refractivity contribution in [1.29, 1.82) is 0 Å². The molecular formula is C19H17N7O7S2. The number of hydrogen-bond donors (Lipinski definition) is 3. The number of hydrogen-bond acceptors (Lipinski definition) is 12. The van der Waals surface area contributed by atoms with Crippen molar-refractivity contribution in [3.63, 3.8) is 0 Å². The number of nitrogens with two attached hydrogens (primary N) is 1. The Morgan fingerprint density at radius 2 is 2.11 bits per heavy atom. The van der Waals surface area contributed by atoms with Crippen LogP contribution >= 0.6 is 23.3 Å². The van der Waals surface area contributed by atoms with Gasteiger partial charge in [0.2, 0.25) is 11.5 Å². The number of aromatic nitrogens is 3. The van der Waals surface area contributed by atoms with Gasteiger partial charge in [0.1, 0.15) is 18.5 Å². The highest BCUT2D eigenvalue weighted by molar-refractivity contribution is 8.00. The fraction of sp³-hybridized carbons (Fsp3) is 0.263. The maximum atomic E-state index is 12.9. The van der Waals surface area contributed by atoms with Crippen LogP contribution in [-0.2, 0) is 25.8 Å². The Morgan fingerprint density at radius 1 is 1.40 bits per heavy atom. The smallest absolute Gasteiger partial charge is 0.336 e. The molecule has 2 aromatic heterocycles. The molecule has 2 aliphatic heterocycles. The van der Waals surface area contributed by atoms with E-state index in [0.717, 1.165) is 16.4 Å². The van der Waals surface area contributed by atoms with Gasteiger partial charge in [-0.05, 0) is 0 Å². The molecule has 1 saturated heterocycles. The third kappa shape index (κ3) is 4.65. The van der Waals surface area contributed by atoms with Crippen LogP contribution in [-0.4, -0.2) is 73.1 Å². The summed E-state index contributed by atoms with van der Waals surface area (Å²) in [5.41, 5.74) is 5.47. The zero-order valence-corrected chi connectivity index (χ0v) is 19.5. The standard InChI is InChI=1S/C19H17N7O7S2/c1-33-23-10(13-22-19(20)35-24-13)14(27)21-11-15(28)26-12(18(31)32)9(7-34-16(11)26)6-25-4-2-8(3-5-25)17(29)30/h2-5,11,16H,6-7H2,1H3,(H4-,20,21,22,24,27,29,30,31,32)/b23-10-/t11-,16-/m1/s1. The number of β-lactam (4-membered cyclic amide) rings is 1. The molecule has 0 bridgehead atoms. The number of nitrogens with one attached hydrogen (secondary N) is 1. The Balaban J connectivity index is 1.52.